The third-order valence-corrected chi connectivity index (χ3v) is 6.86. The van der Waals surface area contributed by atoms with Gasteiger partial charge in [0.25, 0.3) is 11.8 Å². The Labute approximate surface area is 190 Å². The molecule has 0 bridgehead atoms. The van der Waals surface area contributed by atoms with Gasteiger partial charge in [-0.2, -0.15) is 0 Å². The lowest BCUT2D eigenvalue weighted by Crippen LogP contribution is -2.43. The van der Waals surface area contributed by atoms with Crippen LogP contribution in [0.1, 0.15) is 26.4 Å². The van der Waals surface area contributed by atoms with Crippen molar-refractivity contribution in [2.45, 2.75) is 25.3 Å². The van der Waals surface area contributed by atoms with Gasteiger partial charge < -0.3 is 4.74 Å². The van der Waals surface area contributed by atoms with Gasteiger partial charge in [0.1, 0.15) is 5.75 Å². The zero-order valence-electron chi connectivity index (χ0n) is 17.5. The fraction of sp³-hybridized carbons (Fsp3) is 0.182. The second kappa shape index (κ2) is 10.4. The van der Waals surface area contributed by atoms with Crippen molar-refractivity contribution in [3.8, 4) is 5.75 Å². The highest BCUT2D eigenvalue weighted by atomic mass is 32.2. The van der Waals surface area contributed by atoms with Crippen molar-refractivity contribution in [2.75, 3.05) is 6.61 Å². The number of rotatable bonds is 8. The Kier molecular flexibility index (Phi) is 7.62. The fourth-order valence-corrected chi connectivity index (χ4v) is 4.44. The van der Waals surface area contributed by atoms with Crippen LogP contribution in [-0.2, 0) is 21.4 Å². The molecule has 1 heterocycles. The van der Waals surface area contributed by atoms with Gasteiger partial charge >= 0.3 is 0 Å². The van der Waals surface area contributed by atoms with Crippen molar-refractivity contribution in [3.63, 3.8) is 0 Å². The van der Waals surface area contributed by atoms with Gasteiger partial charge in [-0.15, -0.1) is 11.3 Å². The summed E-state index contributed by atoms with van der Waals surface area (Å²) in [6.07, 6.45) is 0. The lowest BCUT2D eigenvalue weighted by molar-refractivity contribution is -0.123. The Morgan fingerprint density at radius 1 is 0.969 bits per heavy atom. The Morgan fingerprint density at radius 2 is 1.78 bits per heavy atom. The monoisotopic (exact) mass is 473 g/mol. The van der Waals surface area contributed by atoms with Crippen molar-refractivity contribution in [1.29, 1.82) is 0 Å². The lowest BCUT2D eigenvalue weighted by Gasteiger charge is -2.11. The molecule has 2 aromatic carbocycles. The summed E-state index contributed by atoms with van der Waals surface area (Å²) < 4.78 is 32.9. The molecule has 0 saturated carbocycles. The van der Waals surface area contributed by atoms with E-state index in [9.17, 15) is 18.0 Å². The van der Waals surface area contributed by atoms with E-state index in [1.54, 1.807) is 6.07 Å². The van der Waals surface area contributed by atoms with E-state index in [2.05, 4.69) is 15.6 Å². The third kappa shape index (κ3) is 6.39. The van der Waals surface area contributed by atoms with E-state index in [0.717, 1.165) is 16.0 Å². The Bertz CT molecular complexity index is 1210. The van der Waals surface area contributed by atoms with Gasteiger partial charge in [-0.25, -0.2) is 13.1 Å². The number of thiophene rings is 1. The number of hydrogen-bond donors (Lipinski definition) is 3. The first kappa shape index (κ1) is 23.5. The zero-order chi connectivity index (χ0) is 23.1. The van der Waals surface area contributed by atoms with Gasteiger partial charge in [-0.05, 0) is 66.8 Å². The van der Waals surface area contributed by atoms with Crippen molar-refractivity contribution in [2.24, 2.45) is 0 Å². The maximum atomic E-state index is 12.5. The first-order valence-electron chi connectivity index (χ1n) is 9.66. The topological polar surface area (TPSA) is 114 Å². The highest BCUT2D eigenvalue weighted by molar-refractivity contribution is 7.89. The van der Waals surface area contributed by atoms with Gasteiger partial charge in [0.2, 0.25) is 10.0 Å². The normalized spacial score (nSPS) is 11.1. The second-order valence-electron chi connectivity index (χ2n) is 6.97. The van der Waals surface area contributed by atoms with Gasteiger partial charge in [0.15, 0.2) is 6.61 Å². The molecule has 0 unspecified atom stereocenters. The van der Waals surface area contributed by atoms with Crippen LogP contribution in [0.15, 0.2) is 64.9 Å². The van der Waals surface area contributed by atoms with Crippen LogP contribution in [0, 0.1) is 13.8 Å². The smallest absolute Gasteiger partial charge is 0.276 e. The number of hydrazine groups is 1. The predicted octanol–water partition coefficient (Wildman–Crippen LogP) is 2.68. The number of hydrogen-bond acceptors (Lipinski definition) is 6. The van der Waals surface area contributed by atoms with E-state index in [4.69, 9.17) is 4.74 Å². The second-order valence-corrected chi connectivity index (χ2v) is 9.77. The minimum Gasteiger partial charge on any atom is -0.484 e. The molecule has 0 spiro atoms. The molecule has 3 N–H and O–H groups in total. The maximum Gasteiger partial charge on any atom is 0.276 e. The van der Waals surface area contributed by atoms with Gasteiger partial charge in [0, 0.05) is 17.0 Å². The van der Waals surface area contributed by atoms with E-state index >= 15 is 0 Å². The summed E-state index contributed by atoms with van der Waals surface area (Å²) in [5.74, 6) is -0.666. The largest absolute Gasteiger partial charge is 0.484 e. The molecule has 168 valence electrons. The van der Waals surface area contributed by atoms with Crippen LogP contribution in [0.4, 0.5) is 0 Å². The quantitative estimate of drug-likeness (QED) is 0.435. The van der Waals surface area contributed by atoms with Crippen LogP contribution in [0.25, 0.3) is 0 Å². The van der Waals surface area contributed by atoms with Crippen LogP contribution in [0.3, 0.4) is 0 Å². The van der Waals surface area contributed by atoms with Crippen molar-refractivity contribution in [1.82, 2.24) is 15.6 Å². The summed E-state index contributed by atoms with van der Waals surface area (Å²) in [4.78, 5) is 25.1. The molecule has 0 saturated heterocycles. The predicted molar refractivity (Wildman–Crippen MR) is 122 cm³/mol. The summed E-state index contributed by atoms with van der Waals surface area (Å²) in [7, 11) is -3.80. The molecule has 1 aromatic heterocycles. The number of aryl methyl sites for hydroxylation is 2. The number of carbonyl (C=O) groups is 2. The van der Waals surface area contributed by atoms with Crippen LogP contribution < -0.4 is 20.3 Å². The Morgan fingerprint density at radius 3 is 2.50 bits per heavy atom. The summed E-state index contributed by atoms with van der Waals surface area (Å²) in [6.45, 7) is 3.78. The van der Waals surface area contributed by atoms with Crippen LogP contribution >= 0.6 is 11.3 Å². The van der Waals surface area contributed by atoms with E-state index in [-0.39, 0.29) is 23.6 Å². The average molecular weight is 474 g/mol. The van der Waals surface area contributed by atoms with Crippen LogP contribution in [0.2, 0.25) is 0 Å². The molecule has 0 radical (unpaired) electrons. The molecule has 3 aromatic rings. The van der Waals surface area contributed by atoms with Gasteiger partial charge in [-0.1, -0.05) is 18.2 Å². The molecule has 0 atom stereocenters. The molecule has 32 heavy (non-hydrogen) atoms. The maximum absolute atomic E-state index is 12.5. The van der Waals surface area contributed by atoms with Crippen molar-refractivity contribution >= 4 is 33.2 Å². The molecule has 2 amide bonds. The van der Waals surface area contributed by atoms with Crippen molar-refractivity contribution in [3.05, 3.63) is 81.5 Å². The summed E-state index contributed by atoms with van der Waals surface area (Å²) in [6, 6.07) is 14.7. The molecule has 0 aliphatic rings. The molecule has 3 rings (SSSR count). The lowest BCUT2D eigenvalue weighted by atomic mass is 10.1. The van der Waals surface area contributed by atoms with Gasteiger partial charge in [-0.3, -0.25) is 20.4 Å². The minimum absolute atomic E-state index is 0.0499. The van der Waals surface area contributed by atoms with Crippen LogP contribution in [0.5, 0.6) is 5.75 Å². The third-order valence-electron chi connectivity index (χ3n) is 4.59. The first-order valence-corrected chi connectivity index (χ1v) is 12.0. The molecular weight excluding hydrogens is 450 g/mol. The molecule has 0 aliphatic heterocycles. The average Bonchev–Trinajstić information content (AvgIpc) is 3.31. The zero-order valence-corrected chi connectivity index (χ0v) is 19.2. The molecule has 0 fully saturated rings. The molecule has 8 nitrogen and oxygen atoms in total. The number of carbonyl (C=O) groups excluding carboxylic acids is 2. The summed E-state index contributed by atoms with van der Waals surface area (Å²) in [5.41, 5.74) is 6.74. The van der Waals surface area contributed by atoms with Gasteiger partial charge in [0.05, 0.1) is 4.90 Å². The molecular formula is C22H23N3O5S2. The summed E-state index contributed by atoms with van der Waals surface area (Å²) in [5, 5.41) is 1.86. The molecule has 0 aliphatic carbocycles. The number of sulfonamides is 1. The number of ether oxygens (including phenoxy) is 1. The van der Waals surface area contributed by atoms with E-state index in [1.165, 1.54) is 35.6 Å². The first-order chi connectivity index (χ1) is 15.2. The minimum atomic E-state index is -3.80. The standard InChI is InChI=1S/C22H23N3O5S2/c1-15-8-9-18(11-16(15)2)30-14-21(26)24-25-22(27)17-5-3-7-20(12-17)32(28,29)23-13-19-6-4-10-31-19/h3-12,23H,13-14H2,1-2H3,(H,24,26)(H,25,27). The Balaban J connectivity index is 1.53. The number of amides is 2. The summed E-state index contributed by atoms with van der Waals surface area (Å²) >= 11 is 1.44. The van der Waals surface area contributed by atoms with Crippen LogP contribution in [-0.4, -0.2) is 26.8 Å². The highest BCUT2D eigenvalue weighted by Crippen LogP contribution is 2.16. The molecule has 10 heteroatoms. The van der Waals surface area contributed by atoms with E-state index in [0.29, 0.717) is 5.75 Å². The fourth-order valence-electron chi connectivity index (χ4n) is 2.65. The number of benzene rings is 2. The van der Waals surface area contributed by atoms with E-state index < -0.39 is 21.8 Å². The highest BCUT2D eigenvalue weighted by Gasteiger charge is 2.17. The Hall–Kier alpha value is -3.21. The number of nitrogens with one attached hydrogen (secondary N) is 3. The SMILES string of the molecule is Cc1ccc(OCC(=O)NNC(=O)c2cccc(S(=O)(=O)NCc3cccs3)c2)cc1C. The van der Waals surface area contributed by atoms with E-state index in [1.807, 2.05) is 43.5 Å². The van der Waals surface area contributed by atoms with Crippen molar-refractivity contribution < 1.29 is 22.7 Å².